The van der Waals surface area contributed by atoms with Crippen molar-refractivity contribution in [3.05, 3.63) is 29.0 Å². The first-order valence-electron chi connectivity index (χ1n) is 5.41. The SMILES string of the molecule is COOP(=O)(O)Cc1c(Cl)ccc2nc(P(=O)(O)O)cn12. The van der Waals surface area contributed by atoms with E-state index in [0.29, 0.717) is 0 Å². The number of pyridine rings is 1. The lowest BCUT2D eigenvalue weighted by Crippen LogP contribution is -2.04. The Balaban J connectivity index is 2.57. The summed E-state index contributed by atoms with van der Waals surface area (Å²) < 4.78 is 28.5. The molecular weight excluding hydrogens is 346 g/mol. The lowest BCUT2D eigenvalue weighted by atomic mass is 10.3. The second-order valence-corrected chi connectivity index (χ2v) is 7.73. The summed E-state index contributed by atoms with van der Waals surface area (Å²) in [6.45, 7) is 0. The lowest BCUT2D eigenvalue weighted by Gasteiger charge is -2.12. The Bertz CT molecular complexity index is 771. The number of nitrogens with zero attached hydrogens (tertiary/aromatic N) is 2. The molecule has 0 aliphatic heterocycles. The molecule has 116 valence electrons. The van der Waals surface area contributed by atoms with Crippen molar-refractivity contribution in [2.24, 2.45) is 0 Å². The van der Waals surface area contributed by atoms with Crippen LogP contribution >= 0.6 is 26.8 Å². The van der Waals surface area contributed by atoms with Crippen molar-refractivity contribution in [1.29, 1.82) is 0 Å². The van der Waals surface area contributed by atoms with Gasteiger partial charge in [0.25, 0.3) is 0 Å². The van der Waals surface area contributed by atoms with Gasteiger partial charge in [0, 0.05) is 6.20 Å². The highest BCUT2D eigenvalue weighted by Crippen LogP contribution is 2.47. The molecule has 3 N–H and O–H groups in total. The van der Waals surface area contributed by atoms with Crippen molar-refractivity contribution in [3.8, 4) is 0 Å². The summed E-state index contributed by atoms with van der Waals surface area (Å²) in [4.78, 5) is 35.8. The molecule has 0 aromatic carbocycles. The zero-order valence-electron chi connectivity index (χ0n) is 10.6. The van der Waals surface area contributed by atoms with Crippen molar-refractivity contribution in [3.63, 3.8) is 0 Å². The van der Waals surface area contributed by atoms with Gasteiger partial charge in [0.05, 0.1) is 24.0 Å². The third-order valence-electron chi connectivity index (χ3n) is 2.50. The largest absolute Gasteiger partial charge is 0.376 e. The van der Waals surface area contributed by atoms with Gasteiger partial charge in [-0.15, -0.1) is 4.67 Å². The third-order valence-corrected chi connectivity index (χ3v) is 4.74. The van der Waals surface area contributed by atoms with Gasteiger partial charge in [-0.2, -0.15) is 0 Å². The van der Waals surface area contributed by atoms with E-state index in [4.69, 9.17) is 21.4 Å². The number of aromatic nitrogens is 2. The first-order chi connectivity index (χ1) is 9.64. The van der Waals surface area contributed by atoms with Gasteiger partial charge < -0.3 is 19.1 Å². The normalized spacial score (nSPS) is 15.3. The maximum atomic E-state index is 11.7. The van der Waals surface area contributed by atoms with E-state index < -0.39 is 26.8 Å². The van der Waals surface area contributed by atoms with Gasteiger partial charge in [-0.05, 0) is 12.1 Å². The number of fused-ring (bicyclic) bond motifs is 1. The molecule has 0 radical (unpaired) electrons. The van der Waals surface area contributed by atoms with Crippen LogP contribution in [-0.4, -0.2) is 31.2 Å². The van der Waals surface area contributed by atoms with Crippen molar-refractivity contribution in [2.75, 3.05) is 7.11 Å². The molecule has 0 saturated carbocycles. The van der Waals surface area contributed by atoms with Gasteiger partial charge in [-0.1, -0.05) is 11.6 Å². The molecule has 0 saturated heterocycles. The van der Waals surface area contributed by atoms with E-state index in [1.54, 1.807) is 0 Å². The summed E-state index contributed by atoms with van der Waals surface area (Å²) in [5, 5.41) is 0.117. The minimum atomic E-state index is -4.55. The highest BCUT2D eigenvalue weighted by atomic mass is 35.5. The van der Waals surface area contributed by atoms with Crippen LogP contribution in [0.25, 0.3) is 5.65 Å². The molecule has 12 heteroatoms. The average molecular weight is 357 g/mol. The first kappa shape index (κ1) is 16.6. The van der Waals surface area contributed by atoms with E-state index in [-0.39, 0.29) is 16.4 Å². The van der Waals surface area contributed by atoms with Crippen molar-refractivity contribution in [2.45, 2.75) is 6.16 Å². The van der Waals surface area contributed by atoms with Crippen LogP contribution in [0, 0.1) is 0 Å². The van der Waals surface area contributed by atoms with E-state index in [2.05, 4.69) is 14.5 Å². The van der Waals surface area contributed by atoms with Crippen molar-refractivity contribution in [1.82, 2.24) is 9.38 Å². The predicted octanol–water partition coefficient (Wildman–Crippen LogP) is 1.05. The monoisotopic (exact) mass is 356 g/mol. The standard InChI is InChI=1S/C9H11ClN2O7P2/c1-18-19-20(13,14)5-7-6(10)2-3-8-11-9(4-12(7)8)21(15,16)17/h2-4H,5H2,1H3,(H,13,14)(H2,15,16,17). The zero-order chi connectivity index (χ0) is 15.8. The van der Waals surface area contributed by atoms with Gasteiger partial charge in [0.2, 0.25) is 0 Å². The van der Waals surface area contributed by atoms with Gasteiger partial charge in [-0.3, -0.25) is 9.13 Å². The highest BCUT2D eigenvalue weighted by Gasteiger charge is 2.27. The number of halogens is 1. The molecular formula is C9H11ClN2O7P2. The van der Waals surface area contributed by atoms with Crippen LogP contribution in [0.5, 0.6) is 0 Å². The molecule has 0 fully saturated rings. The second kappa shape index (κ2) is 5.79. The molecule has 0 aliphatic carbocycles. The average Bonchev–Trinajstić information content (AvgIpc) is 2.76. The summed E-state index contributed by atoms with van der Waals surface area (Å²) in [6.07, 6.45) is 0.540. The van der Waals surface area contributed by atoms with Crippen LogP contribution in [0.4, 0.5) is 0 Å². The van der Waals surface area contributed by atoms with Crippen LogP contribution in [0.1, 0.15) is 5.69 Å². The van der Waals surface area contributed by atoms with Crippen molar-refractivity contribution < 1.29 is 33.4 Å². The fraction of sp³-hybridized carbons (Fsp3) is 0.222. The first-order valence-corrected chi connectivity index (χ1v) is 9.16. The maximum Gasteiger partial charge on any atom is 0.376 e. The highest BCUT2D eigenvalue weighted by molar-refractivity contribution is 7.60. The van der Waals surface area contributed by atoms with Gasteiger partial charge in [0.1, 0.15) is 5.65 Å². The topological polar surface area (TPSA) is 131 Å². The number of imidazole rings is 1. The van der Waals surface area contributed by atoms with E-state index in [1.165, 1.54) is 16.5 Å². The molecule has 2 rings (SSSR count). The van der Waals surface area contributed by atoms with Gasteiger partial charge >= 0.3 is 15.2 Å². The summed E-state index contributed by atoms with van der Waals surface area (Å²) >= 11 is 5.96. The van der Waals surface area contributed by atoms with Crippen LogP contribution in [0.15, 0.2) is 18.3 Å². The Hall–Kier alpha value is -0.760. The molecule has 2 aromatic heterocycles. The third kappa shape index (κ3) is 3.71. The molecule has 2 heterocycles. The Morgan fingerprint density at radius 3 is 2.57 bits per heavy atom. The predicted molar refractivity (Wildman–Crippen MR) is 73.5 cm³/mol. The van der Waals surface area contributed by atoms with Crippen LogP contribution in [-0.2, 0) is 24.9 Å². The molecule has 0 spiro atoms. The van der Waals surface area contributed by atoms with Gasteiger partial charge in [-0.25, -0.2) is 9.87 Å². The lowest BCUT2D eigenvalue weighted by molar-refractivity contribution is -0.185. The number of hydrogen-bond donors (Lipinski definition) is 3. The van der Waals surface area contributed by atoms with E-state index >= 15 is 0 Å². The van der Waals surface area contributed by atoms with Crippen LogP contribution < -0.4 is 5.44 Å². The maximum absolute atomic E-state index is 11.7. The molecule has 0 amide bonds. The summed E-state index contributed by atoms with van der Waals surface area (Å²) in [7, 11) is -7.60. The smallest absolute Gasteiger partial charge is 0.323 e. The van der Waals surface area contributed by atoms with E-state index in [1.807, 2.05) is 0 Å². The summed E-state index contributed by atoms with van der Waals surface area (Å²) in [5.74, 6) is 0. The molecule has 2 aromatic rings. The minimum absolute atomic E-state index is 0.115. The molecule has 0 aliphatic rings. The Morgan fingerprint density at radius 2 is 2.00 bits per heavy atom. The molecule has 0 bridgehead atoms. The quantitative estimate of drug-likeness (QED) is 0.412. The minimum Gasteiger partial charge on any atom is -0.323 e. The van der Waals surface area contributed by atoms with Crippen molar-refractivity contribution >= 4 is 37.9 Å². The Morgan fingerprint density at radius 1 is 1.33 bits per heavy atom. The van der Waals surface area contributed by atoms with Gasteiger partial charge in [0.15, 0.2) is 5.44 Å². The van der Waals surface area contributed by atoms with E-state index in [0.717, 1.165) is 13.3 Å². The van der Waals surface area contributed by atoms with Crippen LogP contribution in [0.2, 0.25) is 5.02 Å². The Kier molecular flexibility index (Phi) is 4.58. The second-order valence-electron chi connectivity index (χ2n) is 4.04. The van der Waals surface area contributed by atoms with E-state index in [9.17, 15) is 14.0 Å². The molecule has 21 heavy (non-hydrogen) atoms. The zero-order valence-corrected chi connectivity index (χ0v) is 13.1. The number of rotatable bonds is 5. The molecule has 1 unspecified atom stereocenters. The summed E-state index contributed by atoms with van der Waals surface area (Å²) in [5.41, 5.74) is -0.180. The Labute approximate surface area is 123 Å². The fourth-order valence-corrected chi connectivity index (χ4v) is 3.50. The fourth-order valence-electron chi connectivity index (χ4n) is 1.70. The molecule has 9 nitrogen and oxygen atoms in total. The number of hydrogen-bond acceptors (Lipinski definition) is 5. The molecule has 1 atom stereocenters. The summed E-state index contributed by atoms with van der Waals surface area (Å²) in [6, 6.07) is 2.82. The van der Waals surface area contributed by atoms with Crippen LogP contribution in [0.3, 0.4) is 0 Å².